The molecule has 1 aromatic heterocycles. The van der Waals surface area contributed by atoms with Crippen LogP contribution in [0.2, 0.25) is 0 Å². The molecule has 1 amide bonds. The fourth-order valence-electron chi connectivity index (χ4n) is 0.971. The molecule has 0 unspecified atom stereocenters. The molecule has 0 saturated heterocycles. The Labute approximate surface area is 70.8 Å². The van der Waals surface area contributed by atoms with Gasteiger partial charge in [-0.1, -0.05) is 0 Å². The molecule has 12 heavy (non-hydrogen) atoms. The van der Waals surface area contributed by atoms with Crippen LogP contribution in [0.25, 0.3) is 0 Å². The minimum absolute atomic E-state index is 0.437. The van der Waals surface area contributed by atoms with Crippen LogP contribution in [0.3, 0.4) is 0 Å². The molecule has 1 aromatic rings. The zero-order valence-corrected chi connectivity index (χ0v) is 7.09. The third kappa shape index (κ3) is 1.53. The highest BCUT2D eigenvalue weighted by Gasteiger charge is 2.03. The normalized spacial score (nSPS) is 9.50. The number of hydrogen-bond acceptors (Lipinski definition) is 3. The quantitative estimate of drug-likeness (QED) is 0.671. The van der Waals surface area contributed by atoms with Gasteiger partial charge in [0.2, 0.25) is 5.91 Å². The van der Waals surface area contributed by atoms with E-state index in [0.717, 1.165) is 11.4 Å². The second-order valence-corrected chi connectivity index (χ2v) is 2.50. The summed E-state index contributed by atoms with van der Waals surface area (Å²) in [6.45, 7) is 1.87. The number of pyridine rings is 1. The summed E-state index contributed by atoms with van der Waals surface area (Å²) in [7, 11) is 1.78. The van der Waals surface area contributed by atoms with Crippen LogP contribution < -0.4 is 11.1 Å². The average Bonchev–Trinajstić information content (AvgIpc) is 2.04. The lowest BCUT2D eigenvalue weighted by molar-refractivity contribution is 0.1000. The Balaban J connectivity index is 3.10. The van der Waals surface area contributed by atoms with Crippen molar-refractivity contribution in [3.05, 3.63) is 23.4 Å². The number of aryl methyl sites for hydroxylation is 1. The van der Waals surface area contributed by atoms with Gasteiger partial charge >= 0.3 is 0 Å². The summed E-state index contributed by atoms with van der Waals surface area (Å²) in [5, 5.41) is 2.90. The van der Waals surface area contributed by atoms with Gasteiger partial charge in [0.15, 0.2) is 0 Å². The minimum Gasteiger partial charge on any atom is -0.373 e. The number of anilines is 1. The molecule has 3 N–H and O–H groups in total. The first-order chi connectivity index (χ1) is 5.65. The van der Waals surface area contributed by atoms with E-state index in [1.807, 2.05) is 6.92 Å². The molecule has 0 fully saturated rings. The van der Waals surface area contributed by atoms with Gasteiger partial charge in [-0.3, -0.25) is 4.79 Å². The molecule has 0 saturated carbocycles. The van der Waals surface area contributed by atoms with Crippen molar-refractivity contribution in [2.24, 2.45) is 5.73 Å². The third-order valence-corrected chi connectivity index (χ3v) is 1.60. The fraction of sp³-hybridized carbons (Fsp3) is 0.250. The molecule has 0 aliphatic heterocycles. The Hall–Kier alpha value is -1.58. The van der Waals surface area contributed by atoms with E-state index < -0.39 is 5.91 Å². The van der Waals surface area contributed by atoms with Gasteiger partial charge in [0.05, 0.1) is 5.56 Å². The molecule has 4 nitrogen and oxygen atoms in total. The highest BCUT2D eigenvalue weighted by Crippen LogP contribution is 2.10. The first-order valence-corrected chi connectivity index (χ1v) is 3.59. The number of carbonyl (C=O) groups is 1. The van der Waals surface area contributed by atoms with E-state index in [-0.39, 0.29) is 0 Å². The molecule has 0 bridgehead atoms. The Morgan fingerprint density at radius 1 is 1.67 bits per heavy atom. The fourth-order valence-corrected chi connectivity index (χ4v) is 0.971. The van der Waals surface area contributed by atoms with Crippen molar-refractivity contribution in [2.75, 3.05) is 12.4 Å². The number of rotatable bonds is 2. The van der Waals surface area contributed by atoms with Gasteiger partial charge < -0.3 is 11.1 Å². The van der Waals surface area contributed by atoms with Gasteiger partial charge in [-0.05, 0) is 18.6 Å². The van der Waals surface area contributed by atoms with E-state index in [0.29, 0.717) is 5.56 Å². The zero-order chi connectivity index (χ0) is 9.14. The second-order valence-electron chi connectivity index (χ2n) is 2.50. The topological polar surface area (TPSA) is 68.0 Å². The van der Waals surface area contributed by atoms with E-state index in [2.05, 4.69) is 10.3 Å². The Morgan fingerprint density at radius 3 is 2.75 bits per heavy atom. The third-order valence-electron chi connectivity index (χ3n) is 1.60. The van der Waals surface area contributed by atoms with Crippen LogP contribution in [0.5, 0.6) is 0 Å². The van der Waals surface area contributed by atoms with E-state index in [1.54, 1.807) is 13.1 Å². The maximum atomic E-state index is 10.7. The Kier molecular flexibility index (Phi) is 2.28. The largest absolute Gasteiger partial charge is 0.373 e. The molecule has 0 aliphatic carbocycles. The summed E-state index contributed by atoms with van der Waals surface area (Å²) in [4.78, 5) is 14.7. The molecule has 1 heterocycles. The number of aromatic nitrogens is 1. The lowest BCUT2D eigenvalue weighted by Crippen LogP contribution is -2.12. The van der Waals surface area contributed by atoms with Crippen LogP contribution in [0.15, 0.2) is 12.3 Å². The first-order valence-electron chi connectivity index (χ1n) is 3.59. The lowest BCUT2D eigenvalue weighted by Gasteiger charge is -2.03. The standard InChI is InChI=1S/C8H11N3O/c1-5-3-6(7(9)12)4-11-8(5)10-2/h3-4H,1-2H3,(H2,9,12)(H,10,11). The van der Waals surface area contributed by atoms with Crippen LogP contribution in [0.1, 0.15) is 15.9 Å². The summed E-state index contributed by atoms with van der Waals surface area (Å²) in [5.74, 6) is 0.313. The first kappa shape index (κ1) is 8.52. The van der Waals surface area contributed by atoms with Crippen molar-refractivity contribution in [1.29, 1.82) is 0 Å². The molecule has 64 valence electrons. The predicted molar refractivity (Wildman–Crippen MR) is 47.0 cm³/mol. The molecule has 0 atom stereocenters. The molecule has 0 aromatic carbocycles. The molecule has 0 aliphatic rings. The van der Waals surface area contributed by atoms with Crippen LogP contribution in [-0.4, -0.2) is 17.9 Å². The molecule has 1 rings (SSSR count). The summed E-state index contributed by atoms with van der Waals surface area (Å²) < 4.78 is 0. The summed E-state index contributed by atoms with van der Waals surface area (Å²) in [6.07, 6.45) is 1.46. The number of hydrogen-bond donors (Lipinski definition) is 2. The van der Waals surface area contributed by atoms with E-state index >= 15 is 0 Å². The Bertz CT molecular complexity index is 309. The van der Waals surface area contributed by atoms with Gasteiger partial charge in [0, 0.05) is 13.2 Å². The minimum atomic E-state index is -0.451. The maximum absolute atomic E-state index is 10.7. The number of carbonyl (C=O) groups excluding carboxylic acids is 1. The summed E-state index contributed by atoms with van der Waals surface area (Å²) in [6, 6.07) is 1.71. The van der Waals surface area contributed by atoms with Crippen molar-refractivity contribution >= 4 is 11.7 Å². The van der Waals surface area contributed by atoms with Crippen molar-refractivity contribution in [2.45, 2.75) is 6.92 Å². The molecule has 0 spiro atoms. The molecular weight excluding hydrogens is 154 g/mol. The van der Waals surface area contributed by atoms with Crippen molar-refractivity contribution < 1.29 is 4.79 Å². The van der Waals surface area contributed by atoms with Gasteiger partial charge in [-0.15, -0.1) is 0 Å². The monoisotopic (exact) mass is 165 g/mol. The van der Waals surface area contributed by atoms with E-state index in [4.69, 9.17) is 5.73 Å². The summed E-state index contributed by atoms with van der Waals surface area (Å²) in [5.41, 5.74) is 6.42. The van der Waals surface area contributed by atoms with Gasteiger partial charge in [-0.25, -0.2) is 4.98 Å². The van der Waals surface area contributed by atoms with Gasteiger partial charge in [0.25, 0.3) is 0 Å². The average molecular weight is 165 g/mol. The van der Waals surface area contributed by atoms with Crippen LogP contribution in [-0.2, 0) is 0 Å². The number of amides is 1. The van der Waals surface area contributed by atoms with Crippen LogP contribution in [0, 0.1) is 6.92 Å². The number of primary amides is 1. The van der Waals surface area contributed by atoms with Gasteiger partial charge in [-0.2, -0.15) is 0 Å². The van der Waals surface area contributed by atoms with Crippen LogP contribution in [0.4, 0.5) is 5.82 Å². The van der Waals surface area contributed by atoms with Crippen molar-refractivity contribution in [3.8, 4) is 0 Å². The number of nitrogens with zero attached hydrogens (tertiary/aromatic N) is 1. The SMILES string of the molecule is CNc1ncc(C(N)=O)cc1C. The molecule has 0 radical (unpaired) electrons. The lowest BCUT2D eigenvalue weighted by atomic mass is 10.2. The molecule has 4 heteroatoms. The van der Waals surface area contributed by atoms with E-state index in [9.17, 15) is 4.79 Å². The van der Waals surface area contributed by atoms with Crippen molar-refractivity contribution in [3.63, 3.8) is 0 Å². The Morgan fingerprint density at radius 2 is 2.33 bits per heavy atom. The van der Waals surface area contributed by atoms with E-state index in [1.165, 1.54) is 6.20 Å². The highest BCUT2D eigenvalue weighted by atomic mass is 16.1. The predicted octanol–water partition coefficient (Wildman–Crippen LogP) is 0.531. The number of nitrogens with one attached hydrogen (secondary N) is 1. The maximum Gasteiger partial charge on any atom is 0.250 e. The zero-order valence-electron chi connectivity index (χ0n) is 7.09. The van der Waals surface area contributed by atoms with Gasteiger partial charge in [0.1, 0.15) is 5.82 Å². The number of nitrogens with two attached hydrogens (primary N) is 1. The smallest absolute Gasteiger partial charge is 0.250 e. The second kappa shape index (κ2) is 3.21. The summed E-state index contributed by atoms with van der Waals surface area (Å²) >= 11 is 0. The molecular formula is C8H11N3O. The van der Waals surface area contributed by atoms with Crippen LogP contribution >= 0.6 is 0 Å². The highest BCUT2D eigenvalue weighted by molar-refractivity contribution is 5.92. The van der Waals surface area contributed by atoms with Crippen molar-refractivity contribution in [1.82, 2.24) is 4.98 Å².